The van der Waals surface area contributed by atoms with Gasteiger partial charge in [-0.2, -0.15) is 5.10 Å². The number of hydrogen-bond donors (Lipinski definition) is 1. The molecule has 0 atom stereocenters. The van der Waals surface area contributed by atoms with Crippen molar-refractivity contribution in [2.45, 2.75) is 26.8 Å². The van der Waals surface area contributed by atoms with Crippen molar-refractivity contribution in [3.63, 3.8) is 0 Å². The molecule has 0 bridgehead atoms. The van der Waals surface area contributed by atoms with Crippen LogP contribution in [0, 0.1) is 6.92 Å². The SMILES string of the molecule is Cc1ccccc1-c1cc(C(=O)N2CCN(CCO)CC2)c2cnn(C(C)C)c2n1. The normalized spacial score (nSPS) is 15.3. The topological polar surface area (TPSA) is 74.5 Å². The molecule has 1 amide bonds. The predicted molar refractivity (Wildman–Crippen MR) is 118 cm³/mol. The Hall–Kier alpha value is -2.77. The van der Waals surface area contributed by atoms with Gasteiger partial charge in [0.1, 0.15) is 0 Å². The molecule has 0 aliphatic carbocycles. The number of amides is 1. The van der Waals surface area contributed by atoms with E-state index < -0.39 is 0 Å². The number of carbonyl (C=O) groups excluding carboxylic acids is 1. The molecule has 7 heteroatoms. The summed E-state index contributed by atoms with van der Waals surface area (Å²) in [5.41, 5.74) is 4.34. The number of aryl methyl sites for hydroxylation is 1. The zero-order valence-electron chi connectivity index (χ0n) is 17.9. The number of β-amino-alcohol motifs (C(OH)–C–C–N with tert-alkyl or cyclic N) is 1. The molecule has 2 aromatic heterocycles. The summed E-state index contributed by atoms with van der Waals surface area (Å²) in [4.78, 5) is 22.5. The van der Waals surface area contributed by atoms with Crippen LogP contribution in [0.2, 0.25) is 0 Å². The zero-order valence-corrected chi connectivity index (χ0v) is 17.9. The first kappa shape index (κ1) is 20.5. The van der Waals surface area contributed by atoms with E-state index in [9.17, 15) is 4.79 Å². The maximum absolute atomic E-state index is 13.5. The Morgan fingerprint density at radius 3 is 2.57 bits per heavy atom. The third-order valence-electron chi connectivity index (χ3n) is 5.78. The van der Waals surface area contributed by atoms with Gasteiger partial charge in [0.25, 0.3) is 5.91 Å². The molecule has 1 N–H and O–H groups in total. The fourth-order valence-electron chi connectivity index (χ4n) is 4.06. The fourth-order valence-corrected chi connectivity index (χ4v) is 4.06. The average molecular weight is 408 g/mol. The third kappa shape index (κ3) is 3.82. The van der Waals surface area contributed by atoms with Crippen molar-refractivity contribution in [3.05, 3.63) is 47.7 Å². The van der Waals surface area contributed by atoms with E-state index in [1.807, 2.05) is 33.8 Å². The minimum Gasteiger partial charge on any atom is -0.395 e. The van der Waals surface area contributed by atoms with Gasteiger partial charge in [-0.05, 0) is 32.4 Å². The second-order valence-electron chi connectivity index (χ2n) is 8.15. The van der Waals surface area contributed by atoms with E-state index in [2.05, 4.69) is 36.8 Å². The zero-order chi connectivity index (χ0) is 21.3. The Bertz CT molecular complexity index is 1050. The van der Waals surface area contributed by atoms with E-state index in [-0.39, 0.29) is 18.6 Å². The maximum Gasteiger partial charge on any atom is 0.254 e. The molecule has 0 radical (unpaired) electrons. The van der Waals surface area contributed by atoms with Gasteiger partial charge in [-0.3, -0.25) is 9.69 Å². The number of nitrogens with zero attached hydrogens (tertiary/aromatic N) is 5. The summed E-state index contributed by atoms with van der Waals surface area (Å²) in [5.74, 6) is 0.0178. The Morgan fingerprint density at radius 2 is 1.90 bits per heavy atom. The first-order chi connectivity index (χ1) is 14.5. The summed E-state index contributed by atoms with van der Waals surface area (Å²) in [7, 11) is 0. The van der Waals surface area contributed by atoms with Gasteiger partial charge in [0.15, 0.2) is 5.65 Å². The van der Waals surface area contributed by atoms with Crippen LogP contribution in [0.15, 0.2) is 36.5 Å². The molecule has 1 aromatic carbocycles. The van der Waals surface area contributed by atoms with Crippen molar-refractivity contribution >= 4 is 16.9 Å². The smallest absolute Gasteiger partial charge is 0.254 e. The molecule has 0 saturated carbocycles. The fraction of sp³-hybridized carbons (Fsp3) is 0.435. The van der Waals surface area contributed by atoms with E-state index in [0.29, 0.717) is 25.2 Å². The van der Waals surface area contributed by atoms with Gasteiger partial charge in [0, 0.05) is 44.3 Å². The highest BCUT2D eigenvalue weighted by atomic mass is 16.3. The lowest BCUT2D eigenvalue weighted by Gasteiger charge is -2.34. The molecule has 0 unspecified atom stereocenters. The molecule has 3 aromatic rings. The highest BCUT2D eigenvalue weighted by molar-refractivity contribution is 6.06. The molecule has 3 heterocycles. The van der Waals surface area contributed by atoms with Crippen molar-refractivity contribution in [2.75, 3.05) is 39.3 Å². The number of carbonyl (C=O) groups is 1. The van der Waals surface area contributed by atoms with Crippen LogP contribution in [0.5, 0.6) is 0 Å². The number of aromatic nitrogens is 3. The third-order valence-corrected chi connectivity index (χ3v) is 5.78. The van der Waals surface area contributed by atoms with E-state index in [1.54, 1.807) is 6.20 Å². The van der Waals surface area contributed by atoms with Crippen LogP contribution in [-0.4, -0.2) is 74.9 Å². The number of benzene rings is 1. The van der Waals surface area contributed by atoms with Gasteiger partial charge in [-0.1, -0.05) is 24.3 Å². The standard InChI is InChI=1S/C23H29N5O2/c1-16(2)28-22-20(15-24-28)19(14-21(25-22)18-7-5-4-6-17(18)3)23(30)27-10-8-26(9-11-27)12-13-29/h4-7,14-16,29H,8-13H2,1-3H3. The molecule has 30 heavy (non-hydrogen) atoms. The molecule has 1 aliphatic heterocycles. The molecule has 0 spiro atoms. The van der Waals surface area contributed by atoms with Crippen LogP contribution in [0.3, 0.4) is 0 Å². The molecule has 7 nitrogen and oxygen atoms in total. The number of aliphatic hydroxyl groups excluding tert-OH is 1. The van der Waals surface area contributed by atoms with Crippen LogP contribution >= 0.6 is 0 Å². The van der Waals surface area contributed by atoms with Crippen molar-refractivity contribution in [3.8, 4) is 11.3 Å². The Kier molecular flexibility index (Phi) is 5.83. The van der Waals surface area contributed by atoms with E-state index >= 15 is 0 Å². The monoisotopic (exact) mass is 407 g/mol. The number of piperazine rings is 1. The van der Waals surface area contributed by atoms with Crippen molar-refractivity contribution in [1.82, 2.24) is 24.6 Å². The lowest BCUT2D eigenvalue weighted by atomic mass is 10.0. The first-order valence-corrected chi connectivity index (χ1v) is 10.6. The summed E-state index contributed by atoms with van der Waals surface area (Å²) in [6, 6.07) is 10.2. The lowest BCUT2D eigenvalue weighted by molar-refractivity contribution is 0.0617. The molecule has 158 valence electrons. The maximum atomic E-state index is 13.5. The van der Waals surface area contributed by atoms with Gasteiger partial charge in [-0.15, -0.1) is 0 Å². The number of pyridine rings is 1. The second kappa shape index (κ2) is 8.53. The van der Waals surface area contributed by atoms with Crippen molar-refractivity contribution in [1.29, 1.82) is 0 Å². The molecular weight excluding hydrogens is 378 g/mol. The summed E-state index contributed by atoms with van der Waals surface area (Å²) >= 11 is 0. The summed E-state index contributed by atoms with van der Waals surface area (Å²) in [6.45, 7) is 9.84. The van der Waals surface area contributed by atoms with Crippen LogP contribution in [-0.2, 0) is 0 Å². The summed E-state index contributed by atoms with van der Waals surface area (Å²) in [6.07, 6.45) is 1.76. The van der Waals surface area contributed by atoms with Gasteiger partial charge >= 0.3 is 0 Å². The second-order valence-corrected chi connectivity index (χ2v) is 8.15. The van der Waals surface area contributed by atoms with E-state index in [0.717, 1.165) is 40.9 Å². The summed E-state index contributed by atoms with van der Waals surface area (Å²) < 4.78 is 1.88. The van der Waals surface area contributed by atoms with Gasteiger partial charge in [-0.25, -0.2) is 9.67 Å². The highest BCUT2D eigenvalue weighted by Crippen LogP contribution is 2.29. The quantitative estimate of drug-likeness (QED) is 0.704. The first-order valence-electron chi connectivity index (χ1n) is 10.6. The molecule has 1 saturated heterocycles. The number of rotatable bonds is 5. The van der Waals surface area contributed by atoms with Gasteiger partial charge < -0.3 is 10.0 Å². The molecule has 4 rings (SSSR count). The highest BCUT2D eigenvalue weighted by Gasteiger charge is 2.25. The lowest BCUT2D eigenvalue weighted by Crippen LogP contribution is -2.49. The minimum absolute atomic E-state index is 0.0178. The number of aliphatic hydroxyl groups is 1. The van der Waals surface area contributed by atoms with Gasteiger partial charge in [0.2, 0.25) is 0 Å². The van der Waals surface area contributed by atoms with Crippen LogP contribution in [0.1, 0.15) is 35.8 Å². The predicted octanol–water partition coefficient (Wildman–Crippen LogP) is 2.74. The Morgan fingerprint density at radius 1 is 1.17 bits per heavy atom. The van der Waals surface area contributed by atoms with Crippen molar-refractivity contribution in [2.24, 2.45) is 0 Å². The Labute approximate surface area is 176 Å². The number of fused-ring (bicyclic) bond motifs is 1. The van der Waals surface area contributed by atoms with E-state index in [1.165, 1.54) is 0 Å². The summed E-state index contributed by atoms with van der Waals surface area (Å²) in [5, 5.41) is 14.5. The van der Waals surface area contributed by atoms with E-state index in [4.69, 9.17) is 10.1 Å². The van der Waals surface area contributed by atoms with Crippen LogP contribution in [0.25, 0.3) is 22.3 Å². The van der Waals surface area contributed by atoms with Gasteiger partial charge in [0.05, 0.1) is 29.4 Å². The van der Waals surface area contributed by atoms with Crippen LogP contribution in [0.4, 0.5) is 0 Å². The molecule has 1 aliphatic rings. The van der Waals surface area contributed by atoms with Crippen molar-refractivity contribution < 1.29 is 9.90 Å². The average Bonchev–Trinajstić information content (AvgIpc) is 3.18. The number of hydrogen-bond acceptors (Lipinski definition) is 5. The molecular formula is C23H29N5O2. The van der Waals surface area contributed by atoms with Crippen LogP contribution < -0.4 is 0 Å². The minimum atomic E-state index is 0.0178. The largest absolute Gasteiger partial charge is 0.395 e. The Balaban J connectivity index is 1.77. The molecule has 1 fully saturated rings.